The van der Waals surface area contributed by atoms with Crippen LogP contribution in [0.1, 0.15) is 42.5 Å². The van der Waals surface area contributed by atoms with Gasteiger partial charge in [-0.25, -0.2) is 0 Å². The van der Waals surface area contributed by atoms with Gasteiger partial charge < -0.3 is 4.90 Å². The highest BCUT2D eigenvalue weighted by Crippen LogP contribution is 2.34. The third-order valence-electron chi connectivity index (χ3n) is 4.45. The second-order valence-electron chi connectivity index (χ2n) is 5.68. The van der Waals surface area contributed by atoms with E-state index in [1.807, 2.05) is 29.2 Å². The minimum Gasteiger partial charge on any atom is -0.335 e. The van der Waals surface area contributed by atoms with E-state index in [1.54, 1.807) is 0 Å². The fraction of sp³-hybridized carbons (Fsp3) is 0.500. The molecule has 20 heavy (non-hydrogen) atoms. The maximum atomic E-state index is 12.7. The quantitative estimate of drug-likeness (QED) is 0.736. The number of carbonyl (C=O) groups excluding carboxylic acids is 2. The molecule has 2 unspecified atom stereocenters. The molecule has 1 aromatic rings. The predicted molar refractivity (Wildman–Crippen MR) is 85.6 cm³/mol. The van der Waals surface area contributed by atoms with Crippen LogP contribution in [0.15, 0.2) is 24.3 Å². The van der Waals surface area contributed by atoms with Crippen molar-refractivity contribution < 1.29 is 9.59 Å². The summed E-state index contributed by atoms with van der Waals surface area (Å²) in [5.74, 6) is 0.535. The minimum absolute atomic E-state index is 0.0873. The molecule has 1 saturated carbocycles. The standard InChI is InChI=1S/C16H18INO2/c17-12-5-1-4-11(10-12)16(20)18-9-3-7-14(18)13-6-2-8-15(13)19/h1,4-5,10,13-14H,2-3,6-9H2. The molecule has 106 valence electrons. The highest BCUT2D eigenvalue weighted by molar-refractivity contribution is 14.1. The summed E-state index contributed by atoms with van der Waals surface area (Å²) in [5, 5.41) is 0. The molecule has 1 aliphatic carbocycles. The summed E-state index contributed by atoms with van der Waals surface area (Å²) in [6.45, 7) is 0.790. The van der Waals surface area contributed by atoms with Crippen molar-refractivity contribution in [2.24, 2.45) is 5.92 Å². The summed E-state index contributed by atoms with van der Waals surface area (Å²) in [6, 6.07) is 7.83. The largest absolute Gasteiger partial charge is 0.335 e. The number of likely N-dealkylation sites (tertiary alicyclic amines) is 1. The fourth-order valence-corrected chi connectivity index (χ4v) is 4.04. The molecule has 1 amide bonds. The lowest BCUT2D eigenvalue weighted by Crippen LogP contribution is -2.41. The van der Waals surface area contributed by atoms with Crippen molar-refractivity contribution in [3.05, 3.63) is 33.4 Å². The van der Waals surface area contributed by atoms with E-state index < -0.39 is 0 Å². The Labute approximate surface area is 132 Å². The Balaban J connectivity index is 1.81. The van der Waals surface area contributed by atoms with E-state index >= 15 is 0 Å². The highest BCUT2D eigenvalue weighted by Gasteiger charge is 2.40. The van der Waals surface area contributed by atoms with Crippen LogP contribution in [0.2, 0.25) is 0 Å². The molecule has 0 N–H and O–H groups in total. The van der Waals surface area contributed by atoms with Gasteiger partial charge in [0.25, 0.3) is 5.91 Å². The molecule has 1 saturated heterocycles. The second kappa shape index (κ2) is 5.84. The van der Waals surface area contributed by atoms with Gasteiger partial charge in [0, 0.05) is 34.1 Å². The maximum absolute atomic E-state index is 12.7. The van der Waals surface area contributed by atoms with Gasteiger partial charge in [-0.15, -0.1) is 0 Å². The van der Waals surface area contributed by atoms with E-state index in [2.05, 4.69) is 22.6 Å². The summed E-state index contributed by atoms with van der Waals surface area (Å²) in [6.07, 6.45) is 4.65. The van der Waals surface area contributed by atoms with Crippen LogP contribution in [0.5, 0.6) is 0 Å². The number of hydrogen-bond acceptors (Lipinski definition) is 2. The first-order valence-electron chi connectivity index (χ1n) is 7.26. The Morgan fingerprint density at radius 3 is 2.80 bits per heavy atom. The van der Waals surface area contributed by atoms with Gasteiger partial charge >= 0.3 is 0 Å². The van der Waals surface area contributed by atoms with Crippen LogP contribution in [-0.2, 0) is 4.79 Å². The van der Waals surface area contributed by atoms with Crippen molar-refractivity contribution >= 4 is 34.3 Å². The lowest BCUT2D eigenvalue weighted by Gasteiger charge is -2.28. The number of Topliss-reactive ketones (excluding diaryl/α,β-unsaturated/α-hetero) is 1. The number of rotatable bonds is 2. The van der Waals surface area contributed by atoms with Crippen LogP contribution in [0.25, 0.3) is 0 Å². The van der Waals surface area contributed by atoms with E-state index in [-0.39, 0.29) is 17.9 Å². The Morgan fingerprint density at radius 1 is 1.25 bits per heavy atom. The van der Waals surface area contributed by atoms with Crippen LogP contribution in [0.3, 0.4) is 0 Å². The summed E-state index contributed by atoms with van der Waals surface area (Å²) in [7, 11) is 0. The first-order chi connectivity index (χ1) is 9.66. The van der Waals surface area contributed by atoms with E-state index in [0.717, 1.165) is 41.4 Å². The number of carbonyl (C=O) groups is 2. The van der Waals surface area contributed by atoms with Gasteiger partial charge in [0.2, 0.25) is 0 Å². The van der Waals surface area contributed by atoms with Crippen LogP contribution in [-0.4, -0.2) is 29.2 Å². The van der Waals surface area contributed by atoms with Gasteiger partial charge in [-0.05, 0) is 66.5 Å². The summed E-state index contributed by atoms with van der Waals surface area (Å²) >= 11 is 2.22. The molecule has 2 atom stereocenters. The van der Waals surface area contributed by atoms with E-state index in [9.17, 15) is 9.59 Å². The average Bonchev–Trinajstić information content (AvgIpc) is 3.06. The van der Waals surface area contributed by atoms with Gasteiger partial charge in [-0.2, -0.15) is 0 Å². The van der Waals surface area contributed by atoms with Gasteiger partial charge in [0.1, 0.15) is 5.78 Å². The monoisotopic (exact) mass is 383 g/mol. The zero-order valence-electron chi connectivity index (χ0n) is 11.3. The predicted octanol–water partition coefficient (Wildman–Crippen LogP) is 3.27. The molecule has 3 nitrogen and oxygen atoms in total. The number of amides is 1. The molecule has 2 aliphatic rings. The molecule has 2 fully saturated rings. The van der Waals surface area contributed by atoms with E-state index in [0.29, 0.717) is 12.2 Å². The third-order valence-corrected chi connectivity index (χ3v) is 5.12. The van der Waals surface area contributed by atoms with E-state index in [1.165, 1.54) is 0 Å². The lowest BCUT2D eigenvalue weighted by atomic mass is 9.94. The summed E-state index contributed by atoms with van der Waals surface area (Å²) in [5.41, 5.74) is 0.745. The van der Waals surface area contributed by atoms with Crippen molar-refractivity contribution in [3.63, 3.8) is 0 Å². The zero-order valence-corrected chi connectivity index (χ0v) is 13.5. The van der Waals surface area contributed by atoms with Gasteiger partial charge in [-0.1, -0.05) is 6.07 Å². The smallest absolute Gasteiger partial charge is 0.254 e. The van der Waals surface area contributed by atoms with Crippen molar-refractivity contribution in [3.8, 4) is 0 Å². The number of hydrogen-bond donors (Lipinski definition) is 0. The van der Waals surface area contributed by atoms with Gasteiger partial charge in [-0.3, -0.25) is 9.59 Å². The first kappa shape index (κ1) is 14.0. The van der Waals surface area contributed by atoms with Crippen LogP contribution < -0.4 is 0 Å². The fourth-order valence-electron chi connectivity index (χ4n) is 3.50. The Kier molecular flexibility index (Phi) is 4.10. The Morgan fingerprint density at radius 2 is 2.10 bits per heavy atom. The average molecular weight is 383 g/mol. The summed E-state index contributed by atoms with van der Waals surface area (Å²) in [4.78, 5) is 26.6. The molecule has 0 aromatic heterocycles. The number of ketones is 1. The van der Waals surface area contributed by atoms with Crippen LogP contribution in [0, 0.1) is 9.49 Å². The number of benzene rings is 1. The summed E-state index contributed by atoms with van der Waals surface area (Å²) < 4.78 is 1.07. The second-order valence-corrected chi connectivity index (χ2v) is 6.93. The number of halogens is 1. The molecule has 1 aliphatic heterocycles. The molecule has 0 spiro atoms. The van der Waals surface area contributed by atoms with Gasteiger partial charge in [0.05, 0.1) is 0 Å². The normalized spacial score (nSPS) is 26.2. The molecule has 3 rings (SSSR count). The topological polar surface area (TPSA) is 37.4 Å². The molecular weight excluding hydrogens is 365 g/mol. The van der Waals surface area contributed by atoms with Crippen molar-refractivity contribution in [1.82, 2.24) is 4.90 Å². The molecular formula is C16H18INO2. The SMILES string of the molecule is O=C1CCCC1C1CCCN1C(=O)c1cccc(I)c1. The zero-order chi connectivity index (χ0) is 14.1. The molecule has 0 radical (unpaired) electrons. The van der Waals surface area contributed by atoms with Gasteiger partial charge in [0.15, 0.2) is 0 Å². The minimum atomic E-state index is 0.0873. The van der Waals surface area contributed by atoms with Crippen molar-refractivity contribution in [1.29, 1.82) is 0 Å². The first-order valence-corrected chi connectivity index (χ1v) is 8.34. The van der Waals surface area contributed by atoms with Crippen LogP contribution >= 0.6 is 22.6 Å². The molecule has 1 aromatic carbocycles. The molecule has 1 heterocycles. The highest BCUT2D eigenvalue weighted by atomic mass is 127. The lowest BCUT2D eigenvalue weighted by molar-refractivity contribution is -0.121. The number of nitrogens with zero attached hydrogens (tertiary/aromatic N) is 1. The van der Waals surface area contributed by atoms with Crippen molar-refractivity contribution in [2.75, 3.05) is 6.54 Å². The van der Waals surface area contributed by atoms with Crippen molar-refractivity contribution in [2.45, 2.75) is 38.1 Å². The molecule has 4 heteroatoms. The third kappa shape index (κ3) is 2.62. The molecule has 0 bridgehead atoms. The Hall–Kier alpha value is -0.910. The van der Waals surface area contributed by atoms with Crippen LogP contribution in [0.4, 0.5) is 0 Å². The Bertz CT molecular complexity index is 543. The van der Waals surface area contributed by atoms with E-state index in [4.69, 9.17) is 0 Å². The maximum Gasteiger partial charge on any atom is 0.254 e.